The number of piperidine rings is 1. The summed E-state index contributed by atoms with van der Waals surface area (Å²) in [6.07, 6.45) is 3.88. The molecular weight excluding hydrogens is 271 g/mol. The van der Waals surface area contributed by atoms with Crippen LogP contribution < -0.4 is 4.90 Å². The second kappa shape index (κ2) is 4.70. The first-order valence-electron chi connectivity index (χ1n) is 5.65. The third kappa shape index (κ3) is 2.37. The quantitative estimate of drug-likeness (QED) is 0.784. The average Bonchev–Trinajstić information content (AvgIpc) is 2.19. The fourth-order valence-electron chi connectivity index (χ4n) is 2.34. The number of aromatic nitrogens is 1. The smallest absolute Gasteiger partial charge is 0.166 e. The number of hydrogen-bond acceptors (Lipinski definition) is 2. The summed E-state index contributed by atoms with van der Waals surface area (Å²) in [6, 6.07) is 1.85. The van der Waals surface area contributed by atoms with E-state index < -0.39 is 0 Å². The van der Waals surface area contributed by atoms with Gasteiger partial charge < -0.3 is 4.90 Å². The standard InChI is InChI=1S/C12H16BrFN2/c1-8-3-4-16(9(2)5-8)12-11(14)6-10(13)7-15-12/h6-9H,3-5H2,1-2H3. The fourth-order valence-corrected chi connectivity index (χ4v) is 2.64. The minimum absolute atomic E-state index is 0.240. The Kier molecular flexibility index (Phi) is 3.47. The molecule has 2 atom stereocenters. The second-order valence-corrected chi connectivity index (χ2v) is 5.55. The van der Waals surface area contributed by atoms with Gasteiger partial charge in [0.25, 0.3) is 0 Å². The molecule has 0 bridgehead atoms. The van der Waals surface area contributed by atoms with Crippen molar-refractivity contribution in [2.75, 3.05) is 11.4 Å². The first-order chi connectivity index (χ1) is 7.58. The topological polar surface area (TPSA) is 16.1 Å². The summed E-state index contributed by atoms with van der Waals surface area (Å²) in [5, 5.41) is 0. The highest BCUT2D eigenvalue weighted by Gasteiger charge is 2.25. The van der Waals surface area contributed by atoms with E-state index in [9.17, 15) is 4.39 Å². The van der Waals surface area contributed by atoms with Crippen LogP contribution in [0, 0.1) is 11.7 Å². The molecule has 2 heterocycles. The lowest BCUT2D eigenvalue weighted by atomic mass is 9.93. The van der Waals surface area contributed by atoms with E-state index in [0.29, 0.717) is 16.3 Å². The minimum atomic E-state index is -0.240. The number of hydrogen-bond donors (Lipinski definition) is 0. The maximum absolute atomic E-state index is 13.8. The van der Waals surface area contributed by atoms with Crippen molar-refractivity contribution in [1.29, 1.82) is 0 Å². The van der Waals surface area contributed by atoms with E-state index in [1.807, 2.05) is 0 Å². The van der Waals surface area contributed by atoms with E-state index in [4.69, 9.17) is 0 Å². The highest BCUT2D eigenvalue weighted by molar-refractivity contribution is 9.10. The van der Waals surface area contributed by atoms with Gasteiger partial charge in [0, 0.05) is 23.3 Å². The van der Waals surface area contributed by atoms with Crippen molar-refractivity contribution in [2.24, 2.45) is 5.92 Å². The van der Waals surface area contributed by atoms with E-state index in [-0.39, 0.29) is 5.82 Å². The molecule has 0 spiro atoms. The molecule has 4 heteroatoms. The van der Waals surface area contributed by atoms with Crippen LogP contribution in [-0.4, -0.2) is 17.6 Å². The third-order valence-corrected chi connectivity index (χ3v) is 3.63. The number of pyridine rings is 1. The van der Waals surface area contributed by atoms with E-state index in [0.717, 1.165) is 25.3 Å². The number of halogens is 2. The molecule has 1 aromatic heterocycles. The molecule has 1 aliphatic rings. The monoisotopic (exact) mass is 286 g/mol. The zero-order valence-electron chi connectivity index (χ0n) is 9.58. The Hall–Kier alpha value is -0.640. The summed E-state index contributed by atoms with van der Waals surface area (Å²) in [7, 11) is 0. The van der Waals surface area contributed by atoms with Crippen LogP contribution >= 0.6 is 15.9 Å². The maximum atomic E-state index is 13.8. The van der Waals surface area contributed by atoms with Crippen molar-refractivity contribution in [1.82, 2.24) is 4.98 Å². The van der Waals surface area contributed by atoms with E-state index in [2.05, 4.69) is 39.7 Å². The second-order valence-electron chi connectivity index (χ2n) is 4.63. The van der Waals surface area contributed by atoms with Gasteiger partial charge in [-0.3, -0.25) is 0 Å². The van der Waals surface area contributed by atoms with Crippen LogP contribution in [0.5, 0.6) is 0 Å². The van der Waals surface area contributed by atoms with Crippen LogP contribution in [0.3, 0.4) is 0 Å². The summed E-state index contributed by atoms with van der Waals surface area (Å²) >= 11 is 3.22. The largest absolute Gasteiger partial charge is 0.351 e. The molecule has 2 rings (SSSR count). The Morgan fingerprint density at radius 3 is 2.88 bits per heavy atom. The van der Waals surface area contributed by atoms with Gasteiger partial charge in [0.2, 0.25) is 0 Å². The molecule has 0 N–H and O–H groups in total. The third-order valence-electron chi connectivity index (χ3n) is 3.20. The maximum Gasteiger partial charge on any atom is 0.166 e. The molecule has 1 fully saturated rings. The summed E-state index contributed by atoms with van der Waals surface area (Å²) in [6.45, 7) is 5.28. The summed E-state index contributed by atoms with van der Waals surface area (Å²) in [5.74, 6) is 0.975. The molecule has 0 saturated carbocycles. The zero-order valence-corrected chi connectivity index (χ0v) is 11.2. The Morgan fingerprint density at radius 2 is 2.25 bits per heavy atom. The van der Waals surface area contributed by atoms with Gasteiger partial charge in [0.05, 0.1) is 0 Å². The van der Waals surface area contributed by atoms with Gasteiger partial charge in [-0.1, -0.05) is 6.92 Å². The molecule has 1 aromatic rings. The molecule has 2 unspecified atom stereocenters. The predicted octanol–water partition coefficient (Wildman–Crippen LogP) is 3.61. The van der Waals surface area contributed by atoms with Gasteiger partial charge in [-0.25, -0.2) is 9.37 Å². The number of rotatable bonds is 1. The average molecular weight is 287 g/mol. The first-order valence-corrected chi connectivity index (χ1v) is 6.45. The Morgan fingerprint density at radius 1 is 1.50 bits per heavy atom. The van der Waals surface area contributed by atoms with Crippen molar-refractivity contribution in [3.8, 4) is 0 Å². The molecule has 0 radical (unpaired) electrons. The van der Waals surface area contributed by atoms with E-state index in [1.54, 1.807) is 6.20 Å². The molecule has 0 aliphatic carbocycles. The van der Waals surface area contributed by atoms with Crippen molar-refractivity contribution in [2.45, 2.75) is 32.7 Å². The Balaban J connectivity index is 2.23. The summed E-state index contributed by atoms with van der Waals surface area (Å²) in [4.78, 5) is 6.25. The van der Waals surface area contributed by atoms with Gasteiger partial charge in [-0.2, -0.15) is 0 Å². The predicted molar refractivity (Wildman–Crippen MR) is 67.1 cm³/mol. The summed E-state index contributed by atoms with van der Waals surface area (Å²) in [5.41, 5.74) is 0. The Labute approximate surface area is 104 Å². The molecule has 16 heavy (non-hydrogen) atoms. The number of nitrogens with zero attached hydrogens (tertiary/aromatic N) is 2. The van der Waals surface area contributed by atoms with E-state index in [1.165, 1.54) is 6.07 Å². The molecule has 0 aromatic carbocycles. The van der Waals surface area contributed by atoms with Gasteiger partial charge >= 0.3 is 0 Å². The van der Waals surface area contributed by atoms with Crippen LogP contribution in [0.15, 0.2) is 16.7 Å². The highest BCUT2D eigenvalue weighted by atomic mass is 79.9. The highest BCUT2D eigenvalue weighted by Crippen LogP contribution is 2.28. The van der Waals surface area contributed by atoms with Crippen molar-refractivity contribution in [3.05, 3.63) is 22.6 Å². The first kappa shape index (κ1) is 11.8. The van der Waals surface area contributed by atoms with Gasteiger partial charge in [0.15, 0.2) is 11.6 Å². The molecular formula is C12H16BrFN2. The lowest BCUT2D eigenvalue weighted by Gasteiger charge is -2.37. The zero-order chi connectivity index (χ0) is 11.7. The summed E-state index contributed by atoms with van der Waals surface area (Å²) < 4.78 is 14.5. The molecule has 2 nitrogen and oxygen atoms in total. The van der Waals surface area contributed by atoms with E-state index >= 15 is 0 Å². The normalized spacial score (nSPS) is 25.9. The number of anilines is 1. The molecule has 1 saturated heterocycles. The van der Waals surface area contributed by atoms with Crippen molar-refractivity contribution in [3.63, 3.8) is 0 Å². The lowest BCUT2D eigenvalue weighted by Crippen LogP contribution is -2.41. The SMILES string of the molecule is CC1CCN(c2ncc(Br)cc2F)C(C)C1. The van der Waals surface area contributed by atoms with Crippen LogP contribution in [-0.2, 0) is 0 Å². The fraction of sp³-hybridized carbons (Fsp3) is 0.583. The van der Waals surface area contributed by atoms with Crippen LogP contribution in [0.1, 0.15) is 26.7 Å². The lowest BCUT2D eigenvalue weighted by molar-refractivity contribution is 0.372. The van der Waals surface area contributed by atoms with Gasteiger partial charge in [0.1, 0.15) is 0 Å². The molecule has 0 amide bonds. The molecule has 1 aliphatic heterocycles. The van der Waals surface area contributed by atoms with Crippen molar-refractivity contribution >= 4 is 21.7 Å². The van der Waals surface area contributed by atoms with Crippen LogP contribution in [0.2, 0.25) is 0 Å². The van der Waals surface area contributed by atoms with Gasteiger partial charge in [-0.15, -0.1) is 0 Å². The van der Waals surface area contributed by atoms with Gasteiger partial charge in [-0.05, 0) is 47.7 Å². The molecule has 88 valence electrons. The van der Waals surface area contributed by atoms with Crippen LogP contribution in [0.25, 0.3) is 0 Å². The Bertz CT molecular complexity index is 383. The van der Waals surface area contributed by atoms with Crippen LogP contribution in [0.4, 0.5) is 10.2 Å². The minimum Gasteiger partial charge on any atom is -0.351 e. The van der Waals surface area contributed by atoms with Crippen molar-refractivity contribution < 1.29 is 4.39 Å².